The summed E-state index contributed by atoms with van der Waals surface area (Å²) in [5, 5.41) is 0. The molecule has 0 fully saturated rings. The van der Waals surface area contributed by atoms with Crippen LogP contribution in [0.25, 0.3) is 0 Å². The Morgan fingerprint density at radius 2 is 1.95 bits per heavy atom. The Morgan fingerprint density at radius 1 is 1.19 bits per heavy atom. The zero-order valence-electron chi connectivity index (χ0n) is 13.5. The minimum atomic E-state index is 0.0566. The number of carbonyl (C=O) groups is 1. The number of likely N-dealkylation sites (N-methyl/N-ethyl adjacent to an activating group) is 1. The summed E-state index contributed by atoms with van der Waals surface area (Å²) >= 11 is 0. The first-order valence-corrected chi connectivity index (χ1v) is 8.29. The number of fused-ring (bicyclic) bond motifs is 1. The summed E-state index contributed by atoms with van der Waals surface area (Å²) in [6.45, 7) is 7.18. The first-order chi connectivity index (χ1) is 10.2. The molecule has 0 bridgehead atoms. The SMILES string of the molecule is CCC=CCCC(CC)C1C(=O)N(CC)c2ccccc21. The molecule has 114 valence electrons. The molecule has 0 N–H and O–H groups in total. The van der Waals surface area contributed by atoms with Crippen LogP contribution in [0.1, 0.15) is 57.9 Å². The molecule has 0 aromatic heterocycles. The zero-order chi connectivity index (χ0) is 15.2. The maximum Gasteiger partial charge on any atom is 0.234 e. The van der Waals surface area contributed by atoms with E-state index in [-0.39, 0.29) is 5.92 Å². The van der Waals surface area contributed by atoms with E-state index in [2.05, 4.69) is 51.1 Å². The van der Waals surface area contributed by atoms with Gasteiger partial charge in [0.2, 0.25) is 5.91 Å². The molecule has 1 amide bonds. The fraction of sp³-hybridized carbons (Fsp3) is 0.526. The molecule has 1 heterocycles. The van der Waals surface area contributed by atoms with Gasteiger partial charge in [-0.2, -0.15) is 0 Å². The van der Waals surface area contributed by atoms with Gasteiger partial charge in [-0.25, -0.2) is 0 Å². The van der Waals surface area contributed by atoms with Crippen molar-refractivity contribution in [3.8, 4) is 0 Å². The molecule has 2 rings (SSSR count). The second-order valence-corrected chi connectivity index (χ2v) is 5.74. The van der Waals surface area contributed by atoms with Crippen LogP contribution in [0.5, 0.6) is 0 Å². The molecule has 2 unspecified atom stereocenters. The summed E-state index contributed by atoms with van der Waals surface area (Å²) in [5.41, 5.74) is 2.35. The van der Waals surface area contributed by atoms with E-state index >= 15 is 0 Å². The molecule has 1 aromatic rings. The molecule has 0 spiro atoms. The van der Waals surface area contributed by atoms with Crippen molar-refractivity contribution < 1.29 is 4.79 Å². The van der Waals surface area contributed by atoms with Gasteiger partial charge in [0.15, 0.2) is 0 Å². The maximum atomic E-state index is 12.8. The third kappa shape index (κ3) is 3.20. The van der Waals surface area contributed by atoms with Crippen molar-refractivity contribution in [2.45, 2.75) is 52.4 Å². The quantitative estimate of drug-likeness (QED) is 0.652. The summed E-state index contributed by atoms with van der Waals surface area (Å²) in [6.07, 6.45) is 8.79. The standard InChI is InChI=1S/C19H27NO/c1-4-7-8-9-12-15(5-2)18-16-13-10-11-14-17(16)20(6-3)19(18)21/h7-8,10-11,13-15,18H,4-6,9,12H2,1-3H3. The topological polar surface area (TPSA) is 20.3 Å². The normalized spacial score (nSPS) is 19.3. The van der Waals surface area contributed by atoms with Crippen LogP contribution in [-0.4, -0.2) is 12.5 Å². The highest BCUT2D eigenvalue weighted by molar-refractivity contribution is 6.05. The molecule has 2 nitrogen and oxygen atoms in total. The Hall–Kier alpha value is -1.57. The lowest BCUT2D eigenvalue weighted by atomic mass is 9.82. The predicted octanol–water partition coefficient (Wildman–Crippen LogP) is 4.91. The minimum Gasteiger partial charge on any atom is -0.312 e. The molecular formula is C19H27NO. The van der Waals surface area contributed by atoms with Gasteiger partial charge < -0.3 is 4.90 Å². The average Bonchev–Trinajstić information content (AvgIpc) is 2.79. The van der Waals surface area contributed by atoms with Gasteiger partial charge in [-0.15, -0.1) is 0 Å². The fourth-order valence-electron chi connectivity index (χ4n) is 3.40. The summed E-state index contributed by atoms with van der Waals surface area (Å²) < 4.78 is 0. The highest BCUT2D eigenvalue weighted by Crippen LogP contribution is 2.43. The second kappa shape index (κ2) is 7.44. The van der Waals surface area contributed by atoms with E-state index in [0.29, 0.717) is 11.8 Å². The van der Waals surface area contributed by atoms with Gasteiger partial charge in [0.25, 0.3) is 0 Å². The number of anilines is 1. The van der Waals surface area contributed by atoms with Gasteiger partial charge in [-0.05, 0) is 43.7 Å². The number of allylic oxidation sites excluding steroid dienone is 2. The van der Waals surface area contributed by atoms with Gasteiger partial charge in [-0.1, -0.05) is 50.6 Å². The predicted molar refractivity (Wildman–Crippen MR) is 89.7 cm³/mol. The minimum absolute atomic E-state index is 0.0566. The van der Waals surface area contributed by atoms with E-state index in [1.807, 2.05) is 11.0 Å². The molecule has 0 saturated carbocycles. The molecule has 1 aromatic carbocycles. The smallest absolute Gasteiger partial charge is 0.234 e. The van der Waals surface area contributed by atoms with E-state index in [4.69, 9.17) is 0 Å². The average molecular weight is 285 g/mol. The molecule has 0 aliphatic carbocycles. The number of hydrogen-bond acceptors (Lipinski definition) is 1. The van der Waals surface area contributed by atoms with Crippen LogP contribution in [0.15, 0.2) is 36.4 Å². The molecular weight excluding hydrogens is 258 g/mol. The molecule has 2 heteroatoms. The van der Waals surface area contributed by atoms with Gasteiger partial charge in [0, 0.05) is 12.2 Å². The highest BCUT2D eigenvalue weighted by Gasteiger charge is 2.39. The van der Waals surface area contributed by atoms with Crippen molar-refractivity contribution in [2.24, 2.45) is 5.92 Å². The third-order valence-corrected chi connectivity index (χ3v) is 4.51. The lowest BCUT2D eigenvalue weighted by Crippen LogP contribution is -2.31. The van der Waals surface area contributed by atoms with Gasteiger partial charge >= 0.3 is 0 Å². The number of para-hydroxylation sites is 1. The molecule has 0 saturated heterocycles. The van der Waals surface area contributed by atoms with E-state index in [1.54, 1.807) is 0 Å². The monoisotopic (exact) mass is 285 g/mol. The third-order valence-electron chi connectivity index (χ3n) is 4.51. The van der Waals surface area contributed by atoms with E-state index < -0.39 is 0 Å². The largest absolute Gasteiger partial charge is 0.312 e. The lowest BCUT2D eigenvalue weighted by molar-refractivity contribution is -0.120. The maximum absolute atomic E-state index is 12.8. The van der Waals surface area contributed by atoms with Crippen molar-refractivity contribution >= 4 is 11.6 Å². The van der Waals surface area contributed by atoms with E-state index in [0.717, 1.165) is 37.9 Å². The lowest BCUT2D eigenvalue weighted by Gasteiger charge is -2.22. The van der Waals surface area contributed by atoms with Crippen LogP contribution in [0.4, 0.5) is 5.69 Å². The van der Waals surface area contributed by atoms with Gasteiger partial charge in [0.05, 0.1) is 5.92 Å². The van der Waals surface area contributed by atoms with Crippen LogP contribution in [0, 0.1) is 5.92 Å². The number of carbonyl (C=O) groups excluding carboxylic acids is 1. The summed E-state index contributed by atoms with van der Waals surface area (Å²) in [5.74, 6) is 0.794. The second-order valence-electron chi connectivity index (χ2n) is 5.74. The van der Waals surface area contributed by atoms with Crippen molar-refractivity contribution in [3.63, 3.8) is 0 Å². The Labute approximate surface area is 128 Å². The van der Waals surface area contributed by atoms with Crippen LogP contribution in [0.3, 0.4) is 0 Å². The van der Waals surface area contributed by atoms with Crippen molar-refractivity contribution in [1.82, 2.24) is 0 Å². The summed E-state index contributed by atoms with van der Waals surface area (Å²) in [7, 11) is 0. The van der Waals surface area contributed by atoms with Crippen LogP contribution < -0.4 is 4.90 Å². The van der Waals surface area contributed by atoms with E-state index in [9.17, 15) is 4.79 Å². The van der Waals surface area contributed by atoms with Crippen molar-refractivity contribution in [1.29, 1.82) is 0 Å². The highest BCUT2D eigenvalue weighted by atomic mass is 16.2. The van der Waals surface area contributed by atoms with Gasteiger partial charge in [-0.3, -0.25) is 4.79 Å². The van der Waals surface area contributed by atoms with Crippen LogP contribution in [-0.2, 0) is 4.79 Å². The zero-order valence-corrected chi connectivity index (χ0v) is 13.5. The van der Waals surface area contributed by atoms with Crippen molar-refractivity contribution in [3.05, 3.63) is 42.0 Å². The number of amides is 1. The number of benzene rings is 1. The molecule has 21 heavy (non-hydrogen) atoms. The Bertz CT molecular complexity index is 506. The Kier molecular flexibility index (Phi) is 5.60. The molecule has 0 radical (unpaired) electrons. The molecule has 1 aliphatic heterocycles. The Morgan fingerprint density at radius 3 is 2.62 bits per heavy atom. The summed E-state index contributed by atoms with van der Waals surface area (Å²) in [6, 6.07) is 8.31. The van der Waals surface area contributed by atoms with E-state index in [1.165, 1.54) is 5.56 Å². The molecule has 2 atom stereocenters. The molecule has 1 aliphatic rings. The first-order valence-electron chi connectivity index (χ1n) is 8.29. The Balaban J connectivity index is 2.21. The van der Waals surface area contributed by atoms with Crippen molar-refractivity contribution in [2.75, 3.05) is 11.4 Å². The van der Waals surface area contributed by atoms with Gasteiger partial charge in [0.1, 0.15) is 0 Å². The number of rotatable bonds is 7. The first kappa shape index (κ1) is 15.8. The summed E-state index contributed by atoms with van der Waals surface area (Å²) in [4.78, 5) is 14.7. The van der Waals surface area contributed by atoms with Crippen LogP contribution >= 0.6 is 0 Å². The number of nitrogens with zero attached hydrogens (tertiary/aromatic N) is 1. The van der Waals surface area contributed by atoms with Crippen LogP contribution in [0.2, 0.25) is 0 Å². The fourth-order valence-corrected chi connectivity index (χ4v) is 3.40. The number of hydrogen-bond donors (Lipinski definition) is 0.